The number of rotatable bonds is 35. The lowest BCUT2D eigenvalue weighted by Gasteiger charge is -2.28. The van der Waals surface area contributed by atoms with Gasteiger partial charge < -0.3 is 0 Å². The fourth-order valence-corrected chi connectivity index (χ4v) is 14.4. The van der Waals surface area contributed by atoms with Gasteiger partial charge in [0.25, 0.3) is 0 Å². The second-order valence-electron chi connectivity index (χ2n) is 19.9. The van der Waals surface area contributed by atoms with Crippen LogP contribution in [0.1, 0.15) is 250 Å². The zero-order valence-electron chi connectivity index (χ0n) is 38.5. The molecule has 0 fully saturated rings. The van der Waals surface area contributed by atoms with Gasteiger partial charge in [0.2, 0.25) is 0 Å². The van der Waals surface area contributed by atoms with Gasteiger partial charge in [0.1, 0.15) is 6.61 Å². The Morgan fingerprint density at radius 3 is 1.02 bits per heavy atom. The molecule has 4 heteroatoms. The van der Waals surface area contributed by atoms with Crippen LogP contribution in [0.5, 0.6) is 0 Å². The summed E-state index contributed by atoms with van der Waals surface area (Å²) in [6.07, 6.45) is 45.0. The van der Waals surface area contributed by atoms with Gasteiger partial charge in [-0.15, -0.1) is 4.52 Å². The zero-order chi connectivity index (χ0) is 39.6. The molecular weight excluding hydrogens is 670 g/mol. The van der Waals surface area contributed by atoms with Crippen molar-refractivity contribution in [3.63, 3.8) is 0 Å². The van der Waals surface area contributed by atoms with Crippen LogP contribution in [0.4, 0.5) is 0 Å². The van der Waals surface area contributed by atoms with E-state index in [0.29, 0.717) is 35.4 Å². The summed E-state index contributed by atoms with van der Waals surface area (Å²) in [6.45, 7) is 27.7. The Balaban J connectivity index is 0. The summed E-state index contributed by atoms with van der Waals surface area (Å²) in [5, 5.41) is 0. The van der Waals surface area contributed by atoms with E-state index in [2.05, 4.69) is 83.1 Å². The molecular formula is C48H102O2P2+2. The maximum absolute atomic E-state index is 11.9. The average molecular weight is 773 g/mol. The lowest BCUT2D eigenvalue weighted by molar-refractivity contribution is 0.213. The van der Waals surface area contributed by atoms with Gasteiger partial charge >= 0.3 is 8.03 Å². The van der Waals surface area contributed by atoms with Gasteiger partial charge in [-0.05, 0) is 85.5 Å². The quantitative estimate of drug-likeness (QED) is 0.0474. The molecule has 0 saturated heterocycles. The molecule has 0 aromatic carbocycles. The molecule has 0 aliphatic heterocycles. The summed E-state index contributed by atoms with van der Waals surface area (Å²) in [6, 6.07) is 0. The Hall–Kier alpha value is 0.490. The zero-order valence-corrected chi connectivity index (χ0v) is 40.3. The highest BCUT2D eigenvalue weighted by Gasteiger charge is 2.35. The number of unbranched alkanes of at least 4 members (excludes halogenated alkanes) is 20. The van der Waals surface area contributed by atoms with Crippen LogP contribution < -0.4 is 0 Å². The minimum atomic E-state index is -1.50. The topological polar surface area (TPSA) is 26.3 Å². The molecule has 0 radical (unpaired) electrons. The molecule has 0 amide bonds. The van der Waals surface area contributed by atoms with E-state index in [-0.39, 0.29) is 0 Å². The predicted octanol–water partition coefficient (Wildman–Crippen LogP) is 18.3. The number of hydrogen-bond acceptors (Lipinski definition) is 2. The lowest BCUT2D eigenvalue weighted by atomic mass is 9.86. The largest absolute Gasteiger partial charge is 0.508 e. The first kappa shape index (κ1) is 54.6. The Morgan fingerprint density at radius 2 is 0.712 bits per heavy atom. The first-order valence-electron chi connectivity index (χ1n) is 23.6. The molecule has 3 atom stereocenters. The van der Waals surface area contributed by atoms with E-state index in [1.807, 2.05) is 0 Å². The fraction of sp³-hybridized carbons (Fsp3) is 1.00. The molecule has 52 heavy (non-hydrogen) atoms. The van der Waals surface area contributed by atoms with Gasteiger partial charge in [0, 0.05) is 13.2 Å². The van der Waals surface area contributed by atoms with Crippen molar-refractivity contribution in [3.05, 3.63) is 0 Å². The van der Waals surface area contributed by atoms with Gasteiger partial charge in [0.15, 0.2) is 6.16 Å². The molecule has 0 rings (SSSR count). The van der Waals surface area contributed by atoms with E-state index >= 15 is 0 Å². The molecule has 0 aliphatic carbocycles. The van der Waals surface area contributed by atoms with Crippen LogP contribution in [-0.4, -0.2) is 37.4 Å². The van der Waals surface area contributed by atoms with Crippen molar-refractivity contribution < 1.29 is 9.09 Å². The normalized spacial score (nSPS) is 13.9. The van der Waals surface area contributed by atoms with Gasteiger partial charge in [-0.2, -0.15) is 0 Å². The van der Waals surface area contributed by atoms with Crippen molar-refractivity contribution in [2.24, 2.45) is 22.7 Å². The summed E-state index contributed by atoms with van der Waals surface area (Å²) in [5.74, 6) is 0.929. The van der Waals surface area contributed by atoms with Crippen LogP contribution >= 0.6 is 15.3 Å². The molecule has 0 saturated carbocycles. The van der Waals surface area contributed by atoms with Crippen LogP contribution in [-0.2, 0) is 9.09 Å². The van der Waals surface area contributed by atoms with E-state index in [1.54, 1.807) is 50.3 Å². The van der Waals surface area contributed by atoms with Crippen molar-refractivity contribution in [1.29, 1.82) is 0 Å². The van der Waals surface area contributed by atoms with Crippen LogP contribution in [0.25, 0.3) is 0 Å². The third-order valence-corrected chi connectivity index (χ3v) is 17.2. The third kappa shape index (κ3) is 40.2. The molecule has 314 valence electrons. The lowest BCUT2D eigenvalue weighted by Crippen LogP contribution is -2.15. The summed E-state index contributed by atoms with van der Waals surface area (Å²) in [5.41, 5.74) is 0.614. The Kier molecular flexibility index (Phi) is 37.7. The maximum atomic E-state index is 11.9. The number of hydrogen-bond donors (Lipinski definition) is 0. The summed E-state index contributed by atoms with van der Waals surface area (Å²) >= 11 is 0. The smallest absolute Gasteiger partial charge is 0.146 e. The molecule has 2 nitrogen and oxygen atoms in total. The van der Waals surface area contributed by atoms with Crippen molar-refractivity contribution in [1.82, 2.24) is 0 Å². The fourth-order valence-electron chi connectivity index (χ4n) is 8.31. The Labute approximate surface area is 333 Å². The molecule has 0 spiro atoms. The molecule has 0 aromatic heterocycles. The summed E-state index contributed by atoms with van der Waals surface area (Å²) in [4.78, 5) is 0. The van der Waals surface area contributed by atoms with E-state index < -0.39 is 15.3 Å². The monoisotopic (exact) mass is 773 g/mol. The van der Waals surface area contributed by atoms with E-state index in [1.165, 1.54) is 128 Å². The van der Waals surface area contributed by atoms with Crippen molar-refractivity contribution in [2.45, 2.75) is 250 Å². The molecule has 0 heterocycles. The highest BCUT2D eigenvalue weighted by atomic mass is 31.2. The van der Waals surface area contributed by atoms with Crippen LogP contribution in [0, 0.1) is 22.7 Å². The first-order chi connectivity index (χ1) is 24.6. The van der Waals surface area contributed by atoms with Gasteiger partial charge in [-0.25, -0.2) is 0 Å². The minimum absolute atomic E-state index is 0.301. The summed E-state index contributed by atoms with van der Waals surface area (Å²) < 4.78 is 17.5. The van der Waals surface area contributed by atoms with E-state index in [0.717, 1.165) is 12.8 Å². The standard InChI is InChI=1S/C32H68P.C16H34O2P/c1-5-9-13-17-18-19-20-21-22-23-24-28-32-33(29-25-14-10-6-2,30-26-15-11-7-3)31-27-16-12-8-4;1-13(9-15(3,4)5)11-18-19(17)12-14(2)10-16(6,7)8/h5-32H2,1-4H3;13-14H,9-12H2,1-8H3/q2*+1. The van der Waals surface area contributed by atoms with Crippen molar-refractivity contribution in [3.8, 4) is 0 Å². The molecule has 0 N–H and O–H groups in total. The van der Waals surface area contributed by atoms with Gasteiger partial charge in [-0.1, -0.05) is 186 Å². The van der Waals surface area contributed by atoms with Gasteiger partial charge in [-0.3, -0.25) is 0 Å². The minimum Gasteiger partial charge on any atom is -0.146 e. The van der Waals surface area contributed by atoms with E-state index in [9.17, 15) is 4.57 Å². The maximum Gasteiger partial charge on any atom is 0.508 e. The van der Waals surface area contributed by atoms with Crippen molar-refractivity contribution >= 4 is 15.3 Å². The summed E-state index contributed by atoms with van der Waals surface area (Å²) in [7, 11) is -2.19. The third-order valence-electron chi connectivity index (χ3n) is 10.8. The SMILES string of the molecule is CC(CO[P+](=O)CC(C)CC(C)(C)C)CC(C)(C)C.CCCCCCCCCCCCCC[P+](CCCCCC)(CCCCCC)CCCCCC. The van der Waals surface area contributed by atoms with Crippen LogP contribution in [0.15, 0.2) is 0 Å². The highest BCUT2D eigenvalue weighted by molar-refractivity contribution is 7.75. The van der Waals surface area contributed by atoms with Crippen molar-refractivity contribution in [2.75, 3.05) is 37.4 Å². The predicted molar refractivity (Wildman–Crippen MR) is 245 cm³/mol. The second-order valence-corrected chi connectivity index (χ2v) is 25.6. The highest BCUT2D eigenvalue weighted by Crippen LogP contribution is 2.61. The molecule has 3 unspecified atom stereocenters. The van der Waals surface area contributed by atoms with Crippen LogP contribution in [0.2, 0.25) is 0 Å². The average Bonchev–Trinajstić information content (AvgIpc) is 3.05. The Morgan fingerprint density at radius 1 is 0.442 bits per heavy atom. The Bertz CT molecular complexity index is 721. The first-order valence-corrected chi connectivity index (χ1v) is 27.5. The molecule has 0 aromatic rings. The molecule has 0 bridgehead atoms. The second kappa shape index (κ2) is 35.9. The van der Waals surface area contributed by atoms with Crippen LogP contribution in [0.3, 0.4) is 0 Å². The van der Waals surface area contributed by atoms with Gasteiger partial charge in [0.05, 0.1) is 24.6 Å². The van der Waals surface area contributed by atoms with E-state index in [4.69, 9.17) is 4.52 Å². The molecule has 0 aliphatic rings.